The van der Waals surface area contributed by atoms with Gasteiger partial charge in [-0.05, 0) is 27.2 Å². The van der Waals surface area contributed by atoms with Crippen molar-refractivity contribution in [2.75, 3.05) is 0 Å². The molecule has 0 aromatic heterocycles. The molecule has 1 fully saturated rings. The minimum atomic E-state index is -0.766. The second kappa shape index (κ2) is 2.82. The Labute approximate surface area is 73.0 Å². The Morgan fingerprint density at radius 1 is 1.42 bits per heavy atom. The van der Waals surface area contributed by atoms with E-state index < -0.39 is 11.4 Å². The summed E-state index contributed by atoms with van der Waals surface area (Å²) in [7, 11) is 0. The summed E-state index contributed by atoms with van der Waals surface area (Å²) in [5.41, 5.74) is -0.766. The van der Waals surface area contributed by atoms with Crippen molar-refractivity contribution in [2.45, 2.75) is 51.6 Å². The monoisotopic (exact) mass is 172 g/mol. The van der Waals surface area contributed by atoms with Gasteiger partial charge in [-0.3, -0.25) is 0 Å². The van der Waals surface area contributed by atoms with Gasteiger partial charge in [-0.25, -0.2) is 0 Å². The molecule has 0 saturated carbocycles. The molecule has 3 heteroatoms. The van der Waals surface area contributed by atoms with Crippen molar-refractivity contribution >= 4 is 6.29 Å². The van der Waals surface area contributed by atoms with Crippen molar-refractivity contribution in [3.05, 3.63) is 0 Å². The zero-order chi connectivity index (χ0) is 9.41. The lowest BCUT2D eigenvalue weighted by Crippen LogP contribution is -2.38. The summed E-state index contributed by atoms with van der Waals surface area (Å²) in [5, 5.41) is 0. The van der Waals surface area contributed by atoms with Gasteiger partial charge in [0.25, 0.3) is 0 Å². The molecule has 0 radical (unpaired) electrons. The van der Waals surface area contributed by atoms with Crippen LogP contribution in [0.3, 0.4) is 0 Å². The van der Waals surface area contributed by atoms with Gasteiger partial charge in [0, 0.05) is 0 Å². The molecule has 0 aromatic rings. The highest BCUT2D eigenvalue weighted by Gasteiger charge is 2.49. The SMILES string of the molecule is CC[C@@H]1OC(C)(C)O[C@@]1(C)C=O. The molecule has 1 aliphatic heterocycles. The van der Waals surface area contributed by atoms with Crippen LogP contribution in [0.25, 0.3) is 0 Å². The van der Waals surface area contributed by atoms with E-state index in [1.165, 1.54) is 0 Å². The third-order valence-corrected chi connectivity index (χ3v) is 2.14. The average molecular weight is 172 g/mol. The summed E-state index contributed by atoms with van der Waals surface area (Å²) in [6.45, 7) is 7.40. The van der Waals surface area contributed by atoms with Crippen molar-refractivity contribution in [1.82, 2.24) is 0 Å². The van der Waals surface area contributed by atoms with Crippen molar-refractivity contribution < 1.29 is 14.3 Å². The van der Waals surface area contributed by atoms with E-state index in [4.69, 9.17) is 9.47 Å². The lowest BCUT2D eigenvalue weighted by atomic mass is 9.99. The smallest absolute Gasteiger partial charge is 0.164 e. The minimum absolute atomic E-state index is 0.120. The molecule has 1 rings (SSSR count). The number of carbonyl (C=O) groups excluding carboxylic acids is 1. The van der Waals surface area contributed by atoms with Crippen LogP contribution in [0, 0.1) is 0 Å². The molecule has 1 heterocycles. The van der Waals surface area contributed by atoms with Crippen molar-refractivity contribution in [1.29, 1.82) is 0 Å². The number of aldehydes is 1. The Kier molecular flexibility index (Phi) is 2.27. The van der Waals surface area contributed by atoms with Crippen LogP contribution in [0.5, 0.6) is 0 Å². The highest BCUT2D eigenvalue weighted by atomic mass is 16.8. The maximum Gasteiger partial charge on any atom is 0.164 e. The fraction of sp³-hybridized carbons (Fsp3) is 0.889. The molecule has 0 unspecified atom stereocenters. The average Bonchev–Trinajstić information content (AvgIpc) is 2.22. The zero-order valence-electron chi connectivity index (χ0n) is 8.09. The molecule has 1 aliphatic rings. The first kappa shape index (κ1) is 9.68. The Morgan fingerprint density at radius 3 is 2.33 bits per heavy atom. The van der Waals surface area contributed by atoms with E-state index in [0.717, 1.165) is 12.7 Å². The van der Waals surface area contributed by atoms with Crippen molar-refractivity contribution in [3.8, 4) is 0 Å². The first-order chi connectivity index (χ1) is 5.43. The molecule has 0 aromatic carbocycles. The van der Waals surface area contributed by atoms with Crippen LogP contribution in [0.1, 0.15) is 34.1 Å². The predicted molar refractivity (Wildman–Crippen MR) is 44.8 cm³/mol. The lowest BCUT2D eigenvalue weighted by molar-refractivity contribution is -0.163. The third-order valence-electron chi connectivity index (χ3n) is 2.14. The molecular formula is C9H16O3. The normalized spacial score (nSPS) is 39.8. The Bertz CT molecular complexity index is 188. The predicted octanol–water partition coefficient (Wildman–Crippen LogP) is 1.51. The van der Waals surface area contributed by atoms with E-state index in [2.05, 4.69) is 0 Å². The van der Waals surface area contributed by atoms with Gasteiger partial charge >= 0.3 is 0 Å². The van der Waals surface area contributed by atoms with Crippen molar-refractivity contribution in [2.24, 2.45) is 0 Å². The van der Waals surface area contributed by atoms with Crippen LogP contribution >= 0.6 is 0 Å². The zero-order valence-corrected chi connectivity index (χ0v) is 8.09. The molecule has 0 bridgehead atoms. The fourth-order valence-corrected chi connectivity index (χ4v) is 1.67. The van der Waals surface area contributed by atoms with E-state index in [9.17, 15) is 4.79 Å². The topological polar surface area (TPSA) is 35.5 Å². The molecule has 0 aliphatic carbocycles. The molecule has 12 heavy (non-hydrogen) atoms. The van der Waals surface area contributed by atoms with Gasteiger partial charge in [-0.2, -0.15) is 0 Å². The van der Waals surface area contributed by atoms with E-state index in [-0.39, 0.29) is 6.10 Å². The van der Waals surface area contributed by atoms with Gasteiger partial charge in [0.1, 0.15) is 5.60 Å². The molecule has 1 saturated heterocycles. The summed E-state index contributed by atoms with van der Waals surface area (Å²) < 4.78 is 11.0. The van der Waals surface area contributed by atoms with Crippen molar-refractivity contribution in [3.63, 3.8) is 0 Å². The fourth-order valence-electron chi connectivity index (χ4n) is 1.67. The first-order valence-electron chi connectivity index (χ1n) is 4.28. The van der Waals surface area contributed by atoms with Crippen LogP contribution in [0.2, 0.25) is 0 Å². The molecule has 70 valence electrons. The Balaban J connectivity index is 2.82. The second-order valence-corrected chi connectivity index (χ2v) is 3.82. The molecule has 3 nitrogen and oxygen atoms in total. The summed E-state index contributed by atoms with van der Waals surface area (Å²) in [5.74, 6) is -0.629. The number of hydrogen-bond acceptors (Lipinski definition) is 3. The van der Waals surface area contributed by atoms with Crippen LogP contribution in [-0.4, -0.2) is 23.8 Å². The Hall–Kier alpha value is -0.410. The maximum atomic E-state index is 10.8. The van der Waals surface area contributed by atoms with Crippen LogP contribution in [0.15, 0.2) is 0 Å². The van der Waals surface area contributed by atoms with Gasteiger partial charge in [-0.15, -0.1) is 0 Å². The summed E-state index contributed by atoms with van der Waals surface area (Å²) in [6.07, 6.45) is 1.50. The van der Waals surface area contributed by atoms with Gasteiger partial charge in [-0.1, -0.05) is 6.92 Å². The van der Waals surface area contributed by atoms with E-state index in [0.29, 0.717) is 0 Å². The molecule has 0 spiro atoms. The van der Waals surface area contributed by atoms with E-state index in [1.807, 2.05) is 20.8 Å². The number of hydrogen-bond donors (Lipinski definition) is 0. The van der Waals surface area contributed by atoms with Gasteiger partial charge in [0.05, 0.1) is 6.10 Å². The molecule has 0 N–H and O–H groups in total. The first-order valence-corrected chi connectivity index (χ1v) is 4.28. The number of ether oxygens (including phenoxy) is 2. The minimum Gasteiger partial charge on any atom is -0.344 e. The third kappa shape index (κ3) is 1.52. The lowest BCUT2D eigenvalue weighted by Gasteiger charge is -2.21. The van der Waals surface area contributed by atoms with Crippen LogP contribution < -0.4 is 0 Å². The van der Waals surface area contributed by atoms with Gasteiger partial charge in [0.2, 0.25) is 0 Å². The van der Waals surface area contributed by atoms with Gasteiger partial charge in [0.15, 0.2) is 12.1 Å². The summed E-state index contributed by atoms with van der Waals surface area (Å²) in [6, 6.07) is 0. The molecular weight excluding hydrogens is 156 g/mol. The van der Waals surface area contributed by atoms with E-state index >= 15 is 0 Å². The number of rotatable bonds is 2. The summed E-state index contributed by atoms with van der Waals surface area (Å²) >= 11 is 0. The van der Waals surface area contributed by atoms with E-state index in [1.54, 1.807) is 6.92 Å². The second-order valence-electron chi connectivity index (χ2n) is 3.82. The Morgan fingerprint density at radius 2 is 2.00 bits per heavy atom. The summed E-state index contributed by atoms with van der Waals surface area (Å²) in [4.78, 5) is 10.8. The van der Waals surface area contributed by atoms with Crippen LogP contribution in [0.4, 0.5) is 0 Å². The molecule has 2 atom stereocenters. The van der Waals surface area contributed by atoms with Crippen LogP contribution in [-0.2, 0) is 14.3 Å². The quantitative estimate of drug-likeness (QED) is 0.592. The standard InChI is InChI=1S/C9H16O3/c1-5-7-9(4,6-10)12-8(2,3)11-7/h6-7H,5H2,1-4H3/t7-,9-/m0/s1. The highest BCUT2D eigenvalue weighted by molar-refractivity contribution is 5.63. The maximum absolute atomic E-state index is 10.8. The highest BCUT2D eigenvalue weighted by Crippen LogP contribution is 2.36. The van der Waals surface area contributed by atoms with Gasteiger partial charge < -0.3 is 14.3 Å². The number of carbonyl (C=O) groups is 1. The molecule has 0 amide bonds. The largest absolute Gasteiger partial charge is 0.344 e.